The van der Waals surface area contributed by atoms with E-state index in [1.165, 1.54) is 0 Å². The van der Waals surface area contributed by atoms with Crippen LogP contribution < -0.4 is 0 Å². The van der Waals surface area contributed by atoms with Crippen LogP contribution >= 0.6 is 0 Å². The van der Waals surface area contributed by atoms with Gasteiger partial charge in [0.05, 0.1) is 0 Å². The zero-order valence-corrected chi connectivity index (χ0v) is 4.36. The molecule has 0 aromatic rings. The van der Waals surface area contributed by atoms with Crippen LogP contribution in [0.1, 0.15) is 20.3 Å². The van der Waals surface area contributed by atoms with Crippen molar-refractivity contribution in [3.05, 3.63) is 18.6 Å². The highest BCUT2D eigenvalue weighted by molar-refractivity contribution is 4.99. The Hall–Kier alpha value is -0.260. The van der Waals surface area contributed by atoms with E-state index in [0.29, 0.717) is 0 Å². The van der Waals surface area contributed by atoms with Crippen LogP contribution in [0.3, 0.4) is 0 Å². The van der Waals surface area contributed by atoms with Crippen molar-refractivity contribution in [2.24, 2.45) is 0 Å². The third kappa shape index (κ3) is 3.74. The maximum Gasteiger partial charge on any atom is -0.00630 e. The molecule has 0 spiro atoms. The molecule has 0 bridgehead atoms. The van der Waals surface area contributed by atoms with Crippen molar-refractivity contribution in [3.8, 4) is 0 Å². The number of rotatable bonds is 1. The summed E-state index contributed by atoms with van der Waals surface area (Å²) in [4.78, 5) is 0. The average Bonchev–Trinajstić information content (AvgIpc) is 1.35. The summed E-state index contributed by atoms with van der Waals surface area (Å²) in [6, 6.07) is 0. The second-order valence-corrected chi connectivity index (χ2v) is 1.36. The zero-order chi connectivity index (χ0) is 4.99. The van der Waals surface area contributed by atoms with Crippen LogP contribution in [-0.2, 0) is 0 Å². The van der Waals surface area contributed by atoms with Gasteiger partial charge in [0.2, 0.25) is 0 Å². The van der Waals surface area contributed by atoms with Gasteiger partial charge in [-0.15, -0.1) is 0 Å². The first-order valence-electron chi connectivity index (χ1n) is 2.19. The molecule has 6 heavy (non-hydrogen) atoms. The molecule has 34 valence electrons. The van der Waals surface area contributed by atoms with Crippen LogP contribution in [0, 0.1) is 6.92 Å². The van der Waals surface area contributed by atoms with E-state index in [1.54, 1.807) is 0 Å². The van der Waals surface area contributed by atoms with E-state index in [-0.39, 0.29) is 0 Å². The minimum absolute atomic E-state index is 0.914. The van der Waals surface area contributed by atoms with Gasteiger partial charge in [-0.1, -0.05) is 18.6 Å². The lowest BCUT2D eigenvalue weighted by Crippen LogP contribution is -1.59. The fraction of sp³-hybridized carbons (Fsp3) is 0.500. The Kier molecular flexibility index (Phi) is 2.82. The lowest BCUT2D eigenvalue weighted by molar-refractivity contribution is 1.20. The molecule has 0 aliphatic carbocycles. The van der Waals surface area contributed by atoms with Gasteiger partial charge in [0, 0.05) is 0 Å². The van der Waals surface area contributed by atoms with Crippen molar-refractivity contribution >= 4 is 0 Å². The fourth-order valence-electron chi connectivity index (χ4n) is 0.322. The first kappa shape index (κ1) is 5.74. The van der Waals surface area contributed by atoms with Crippen LogP contribution in [0.25, 0.3) is 0 Å². The van der Waals surface area contributed by atoms with E-state index < -0.39 is 0 Å². The molecular weight excluding hydrogens is 72.1 g/mol. The van der Waals surface area contributed by atoms with E-state index in [9.17, 15) is 0 Å². The minimum atomic E-state index is 0.914. The summed E-state index contributed by atoms with van der Waals surface area (Å²) in [5.74, 6) is 0. The molecule has 0 saturated heterocycles. The summed E-state index contributed by atoms with van der Waals surface area (Å²) in [5.41, 5.74) is 0.914. The predicted molar refractivity (Wildman–Crippen MR) is 28.3 cm³/mol. The normalized spacial score (nSPS) is 12.2. The molecule has 0 nitrogen and oxygen atoms in total. The average molecular weight is 82.1 g/mol. The van der Waals surface area contributed by atoms with E-state index in [0.717, 1.165) is 12.0 Å². The Morgan fingerprint density at radius 2 is 2.33 bits per heavy atom. The Morgan fingerprint density at radius 1 is 1.83 bits per heavy atom. The molecule has 0 rings (SSSR count). The summed E-state index contributed by atoms with van der Waals surface area (Å²) < 4.78 is 0. The number of allylic oxidation sites excluding steroid dienone is 2. The Labute approximate surface area is 39.9 Å². The number of hydrogen-bond donors (Lipinski definition) is 0. The van der Waals surface area contributed by atoms with Gasteiger partial charge in [0.15, 0.2) is 0 Å². The molecule has 0 N–H and O–H groups in total. The molecule has 0 atom stereocenters. The van der Waals surface area contributed by atoms with E-state index >= 15 is 0 Å². The smallest absolute Gasteiger partial charge is 0.00630 e. The van der Waals surface area contributed by atoms with Gasteiger partial charge in [-0.2, -0.15) is 0 Å². The highest BCUT2D eigenvalue weighted by Crippen LogP contribution is 1.88. The molecule has 0 unspecified atom stereocenters. The van der Waals surface area contributed by atoms with Crippen LogP contribution in [-0.4, -0.2) is 0 Å². The highest BCUT2D eigenvalue weighted by Gasteiger charge is 1.68. The highest BCUT2D eigenvalue weighted by atomic mass is 13.7. The third-order valence-corrected chi connectivity index (χ3v) is 0.526. The van der Waals surface area contributed by atoms with Gasteiger partial charge in [-0.3, -0.25) is 0 Å². The Morgan fingerprint density at radius 3 is 2.33 bits per heavy atom. The van der Waals surface area contributed by atoms with Gasteiger partial charge < -0.3 is 0 Å². The molecule has 0 amide bonds. The van der Waals surface area contributed by atoms with Crippen molar-refractivity contribution in [2.45, 2.75) is 20.3 Å². The van der Waals surface area contributed by atoms with Gasteiger partial charge in [0.1, 0.15) is 0 Å². The Bertz CT molecular complexity index is 47.1. The zero-order valence-electron chi connectivity index (χ0n) is 4.36. The van der Waals surface area contributed by atoms with Crippen molar-refractivity contribution in [1.82, 2.24) is 0 Å². The topological polar surface area (TPSA) is 0 Å². The molecule has 0 aliphatic rings. The molecule has 0 saturated carbocycles. The second-order valence-electron chi connectivity index (χ2n) is 1.36. The largest absolute Gasteiger partial charge is 0.0856 e. The second kappa shape index (κ2) is 2.95. The van der Waals surface area contributed by atoms with E-state index in [4.69, 9.17) is 6.92 Å². The first-order chi connectivity index (χ1) is 2.77. The van der Waals surface area contributed by atoms with Crippen LogP contribution in [0.5, 0.6) is 0 Å². The van der Waals surface area contributed by atoms with Crippen molar-refractivity contribution in [3.63, 3.8) is 0 Å². The predicted octanol–water partition coefficient (Wildman–Crippen LogP) is 2.05. The summed E-state index contributed by atoms with van der Waals surface area (Å²) in [6.45, 7) is 9.22. The summed E-state index contributed by atoms with van der Waals surface area (Å²) >= 11 is 0. The lowest BCUT2D eigenvalue weighted by Gasteiger charge is -1.79. The monoisotopic (exact) mass is 82.1 g/mol. The summed E-state index contributed by atoms with van der Waals surface area (Å²) in [7, 11) is 0. The van der Waals surface area contributed by atoms with Crippen LogP contribution in [0.2, 0.25) is 0 Å². The third-order valence-electron chi connectivity index (χ3n) is 0.526. The molecular formula is C6H10. The summed E-state index contributed by atoms with van der Waals surface area (Å²) in [6.07, 6.45) is 3.03. The van der Waals surface area contributed by atoms with Crippen molar-refractivity contribution < 1.29 is 0 Å². The SMILES string of the molecule is [CH]/C(C)=C/CC. The van der Waals surface area contributed by atoms with Crippen LogP contribution in [0.15, 0.2) is 11.6 Å². The maximum absolute atomic E-state index is 5.26. The van der Waals surface area contributed by atoms with Gasteiger partial charge in [-0.05, 0) is 20.3 Å². The maximum atomic E-state index is 5.26. The standard InChI is InChI=1S/C6H10/c1-4-5-6(2)3/h2,5H,4H2,1,3H3/b6-5-. The van der Waals surface area contributed by atoms with Crippen molar-refractivity contribution in [1.29, 1.82) is 0 Å². The molecule has 0 aromatic carbocycles. The molecule has 2 radical (unpaired) electrons. The molecule has 0 fully saturated rings. The fourth-order valence-corrected chi connectivity index (χ4v) is 0.322. The van der Waals surface area contributed by atoms with E-state index in [1.807, 2.05) is 13.0 Å². The molecule has 0 heterocycles. The van der Waals surface area contributed by atoms with E-state index in [2.05, 4.69) is 6.92 Å². The molecule has 0 aromatic heterocycles. The quantitative estimate of drug-likeness (QED) is 0.454. The van der Waals surface area contributed by atoms with Crippen LogP contribution in [0.4, 0.5) is 0 Å². The van der Waals surface area contributed by atoms with Gasteiger partial charge in [0.25, 0.3) is 0 Å². The first-order valence-corrected chi connectivity index (χ1v) is 2.19. The number of hydrogen-bond acceptors (Lipinski definition) is 0. The Balaban J connectivity index is 3.14. The van der Waals surface area contributed by atoms with Crippen molar-refractivity contribution in [2.75, 3.05) is 0 Å². The molecule has 0 aliphatic heterocycles. The molecule has 0 heteroatoms. The van der Waals surface area contributed by atoms with Gasteiger partial charge in [-0.25, -0.2) is 0 Å². The summed E-state index contributed by atoms with van der Waals surface area (Å²) in [5, 5.41) is 0. The van der Waals surface area contributed by atoms with Gasteiger partial charge >= 0.3 is 0 Å². The lowest BCUT2D eigenvalue weighted by atomic mass is 10.3. The minimum Gasteiger partial charge on any atom is -0.0856 e.